The molecule has 202 valence electrons. The molecule has 3 aromatic heterocycles. The molecule has 0 aliphatic carbocycles. The fourth-order valence-corrected chi connectivity index (χ4v) is 5.23. The van der Waals surface area contributed by atoms with Crippen molar-refractivity contribution in [3.05, 3.63) is 52.5 Å². The molecule has 5 rings (SSSR count). The minimum atomic E-state index is -0.420. The van der Waals surface area contributed by atoms with Gasteiger partial charge in [-0.1, -0.05) is 6.07 Å². The molecule has 0 N–H and O–H groups in total. The van der Waals surface area contributed by atoms with Gasteiger partial charge in [0.25, 0.3) is 0 Å². The fourth-order valence-electron chi connectivity index (χ4n) is 5.23. The lowest BCUT2D eigenvalue weighted by Gasteiger charge is -2.31. The molecule has 0 radical (unpaired) electrons. The van der Waals surface area contributed by atoms with Gasteiger partial charge in [0.1, 0.15) is 11.3 Å². The number of benzene rings is 1. The maximum atomic E-state index is 15.2. The second-order valence-corrected chi connectivity index (χ2v) is 10.3. The average molecular weight is 523 g/mol. The summed E-state index contributed by atoms with van der Waals surface area (Å²) < 4.78 is 29.8. The molecule has 0 spiro atoms. The van der Waals surface area contributed by atoms with E-state index in [4.69, 9.17) is 9.47 Å². The van der Waals surface area contributed by atoms with Gasteiger partial charge in [0, 0.05) is 68.6 Å². The van der Waals surface area contributed by atoms with Crippen molar-refractivity contribution in [1.29, 1.82) is 0 Å². The molecule has 1 fully saturated rings. The van der Waals surface area contributed by atoms with Crippen LogP contribution in [0.25, 0.3) is 33.2 Å². The van der Waals surface area contributed by atoms with Crippen molar-refractivity contribution in [3.63, 3.8) is 0 Å². The third-order valence-electron chi connectivity index (χ3n) is 7.53. The number of aryl methyl sites for hydroxylation is 1. The predicted molar refractivity (Wildman–Crippen MR) is 145 cm³/mol. The van der Waals surface area contributed by atoms with Crippen molar-refractivity contribution in [2.75, 3.05) is 33.4 Å². The Kier molecular flexibility index (Phi) is 7.56. The summed E-state index contributed by atoms with van der Waals surface area (Å²) in [5, 5.41) is 9.06. The number of ether oxygens (including phenoxy) is 2. The van der Waals surface area contributed by atoms with E-state index in [0.717, 1.165) is 38.2 Å². The van der Waals surface area contributed by atoms with E-state index in [9.17, 15) is 4.79 Å². The summed E-state index contributed by atoms with van der Waals surface area (Å²) in [6.45, 7) is 9.39. The summed E-state index contributed by atoms with van der Waals surface area (Å²) >= 11 is 0. The zero-order valence-corrected chi connectivity index (χ0v) is 22.6. The summed E-state index contributed by atoms with van der Waals surface area (Å²) in [4.78, 5) is 19.8. The molecule has 0 saturated carbocycles. The number of aromatic nitrogens is 5. The van der Waals surface area contributed by atoms with E-state index in [1.54, 1.807) is 31.0 Å². The normalized spacial score (nSPS) is 16.2. The summed E-state index contributed by atoms with van der Waals surface area (Å²) in [6, 6.07) is 6.75. The Morgan fingerprint density at radius 2 is 1.89 bits per heavy atom. The smallest absolute Gasteiger partial charge is 0.330 e. The molecule has 0 amide bonds. The number of hydrogen-bond donors (Lipinski definition) is 0. The average Bonchev–Trinajstić information content (AvgIpc) is 3.18. The first-order valence-electron chi connectivity index (χ1n) is 13.2. The van der Waals surface area contributed by atoms with Gasteiger partial charge in [0.05, 0.1) is 30.0 Å². The fraction of sp³-hybridized carbons (Fsp3) is 0.500. The van der Waals surface area contributed by atoms with Crippen LogP contribution in [-0.2, 0) is 16.5 Å². The van der Waals surface area contributed by atoms with Crippen LogP contribution < -0.4 is 5.69 Å². The third kappa shape index (κ3) is 4.95. The van der Waals surface area contributed by atoms with E-state index < -0.39 is 5.82 Å². The van der Waals surface area contributed by atoms with Gasteiger partial charge >= 0.3 is 5.69 Å². The van der Waals surface area contributed by atoms with E-state index in [-0.39, 0.29) is 17.8 Å². The van der Waals surface area contributed by atoms with Gasteiger partial charge in [0.15, 0.2) is 5.65 Å². The molecule has 38 heavy (non-hydrogen) atoms. The zero-order chi connectivity index (χ0) is 27.0. The summed E-state index contributed by atoms with van der Waals surface area (Å²) in [5.41, 5.74) is 3.16. The summed E-state index contributed by atoms with van der Waals surface area (Å²) in [7, 11) is 3.45. The van der Waals surface area contributed by atoms with E-state index in [2.05, 4.69) is 20.1 Å². The molecular formula is C28H35FN6O3. The Hall–Kier alpha value is -3.21. The standard InChI is InChI=1S/C28H35FN6O3/c1-17(2)35-26-22-14-21(23(29)15-25(22)31-32-27(26)33(4)28(35)36)19-6-7-24(30-16-19)18(3)38-13-12-34-10-8-20(37-5)9-11-34/h6-7,14-18,20H,8-13H2,1-5H3/t18-/m1/s1. The number of piperidine rings is 1. The van der Waals surface area contributed by atoms with Crippen LogP contribution in [0.4, 0.5) is 4.39 Å². The number of imidazole rings is 1. The molecule has 0 unspecified atom stereocenters. The molecule has 10 heteroatoms. The lowest BCUT2D eigenvalue weighted by molar-refractivity contribution is 0.0136. The van der Waals surface area contributed by atoms with E-state index in [1.807, 2.05) is 32.9 Å². The molecule has 1 aromatic carbocycles. The Morgan fingerprint density at radius 1 is 1.13 bits per heavy atom. The second-order valence-electron chi connectivity index (χ2n) is 10.3. The van der Waals surface area contributed by atoms with Crippen molar-refractivity contribution < 1.29 is 13.9 Å². The number of nitrogens with zero attached hydrogens (tertiary/aromatic N) is 6. The predicted octanol–water partition coefficient (Wildman–Crippen LogP) is 4.25. The SMILES string of the molecule is COC1CCN(CCO[C@H](C)c2ccc(-c3cc4c(cc3F)nnc3c4n(C(C)C)c(=O)n3C)cn2)CC1. The third-order valence-corrected chi connectivity index (χ3v) is 7.53. The zero-order valence-electron chi connectivity index (χ0n) is 22.6. The van der Waals surface area contributed by atoms with Crippen LogP contribution in [-0.4, -0.2) is 68.7 Å². The quantitative estimate of drug-likeness (QED) is 0.342. The lowest BCUT2D eigenvalue weighted by atomic mass is 10.0. The number of likely N-dealkylation sites (tertiary alicyclic amines) is 1. The molecule has 1 atom stereocenters. The minimum absolute atomic E-state index is 0.0910. The highest BCUT2D eigenvalue weighted by Gasteiger charge is 2.21. The van der Waals surface area contributed by atoms with E-state index in [0.29, 0.717) is 45.9 Å². The van der Waals surface area contributed by atoms with Gasteiger partial charge in [-0.2, -0.15) is 0 Å². The molecule has 9 nitrogen and oxygen atoms in total. The highest BCUT2D eigenvalue weighted by atomic mass is 19.1. The van der Waals surface area contributed by atoms with Crippen LogP contribution >= 0.6 is 0 Å². The molecule has 0 bridgehead atoms. The highest BCUT2D eigenvalue weighted by Crippen LogP contribution is 2.31. The Balaban J connectivity index is 1.36. The molecule has 4 heterocycles. The van der Waals surface area contributed by atoms with Gasteiger partial charge in [-0.3, -0.25) is 14.1 Å². The Bertz CT molecular complexity index is 1490. The van der Waals surface area contributed by atoms with Crippen LogP contribution in [0.1, 0.15) is 51.5 Å². The number of hydrogen-bond acceptors (Lipinski definition) is 7. The first kappa shape index (κ1) is 26.4. The number of pyridine rings is 1. The Morgan fingerprint density at radius 3 is 2.55 bits per heavy atom. The van der Waals surface area contributed by atoms with Crippen molar-refractivity contribution in [2.45, 2.75) is 51.9 Å². The van der Waals surface area contributed by atoms with Crippen LogP contribution in [0.15, 0.2) is 35.3 Å². The van der Waals surface area contributed by atoms with Crippen molar-refractivity contribution >= 4 is 22.1 Å². The number of fused-ring (bicyclic) bond motifs is 3. The number of methoxy groups -OCH3 is 1. The minimum Gasteiger partial charge on any atom is -0.381 e. The second kappa shape index (κ2) is 10.9. The van der Waals surface area contributed by atoms with Crippen LogP contribution in [0.5, 0.6) is 0 Å². The maximum absolute atomic E-state index is 15.2. The van der Waals surface area contributed by atoms with Crippen LogP contribution in [0.3, 0.4) is 0 Å². The van der Waals surface area contributed by atoms with E-state index >= 15 is 4.39 Å². The first-order valence-corrected chi connectivity index (χ1v) is 13.2. The van der Waals surface area contributed by atoms with Gasteiger partial charge in [-0.15, -0.1) is 10.2 Å². The number of rotatable bonds is 8. The van der Waals surface area contributed by atoms with Gasteiger partial charge in [-0.05, 0) is 45.7 Å². The molecule has 4 aromatic rings. The molecule has 1 aliphatic heterocycles. The van der Waals surface area contributed by atoms with E-state index in [1.165, 1.54) is 10.6 Å². The summed E-state index contributed by atoms with van der Waals surface area (Å²) in [5.74, 6) is -0.420. The maximum Gasteiger partial charge on any atom is 0.330 e. The van der Waals surface area contributed by atoms with Crippen molar-refractivity contribution in [1.82, 2.24) is 29.2 Å². The van der Waals surface area contributed by atoms with Gasteiger partial charge in [0.2, 0.25) is 0 Å². The van der Waals surface area contributed by atoms with Gasteiger partial charge in [-0.25, -0.2) is 9.18 Å². The van der Waals surface area contributed by atoms with Gasteiger partial charge < -0.3 is 14.4 Å². The Labute approximate surface area is 221 Å². The first-order chi connectivity index (χ1) is 18.3. The highest BCUT2D eigenvalue weighted by molar-refractivity contribution is 6.02. The van der Waals surface area contributed by atoms with Crippen molar-refractivity contribution in [3.8, 4) is 11.1 Å². The van der Waals surface area contributed by atoms with Crippen LogP contribution in [0.2, 0.25) is 0 Å². The van der Waals surface area contributed by atoms with Crippen molar-refractivity contribution in [2.24, 2.45) is 7.05 Å². The molecular weight excluding hydrogens is 487 g/mol. The molecule has 1 saturated heterocycles. The lowest BCUT2D eigenvalue weighted by Crippen LogP contribution is -2.38. The topological polar surface area (TPSA) is 87.3 Å². The number of halogens is 1. The molecule has 1 aliphatic rings. The summed E-state index contributed by atoms with van der Waals surface area (Å²) in [6.07, 6.45) is 3.97. The van der Waals surface area contributed by atoms with Crippen LogP contribution in [0, 0.1) is 5.82 Å². The monoisotopic (exact) mass is 522 g/mol. The largest absolute Gasteiger partial charge is 0.381 e.